The Bertz CT molecular complexity index is 3840. The SMILES string of the molecule is C=Cc1nn(-c2cccc(N(c3ccc(-c4ccc(N(c5cccc(N)c5)c5cccc6c5oc5ccccc56)cc4)cc3)c3cccc4c3oc3ccccc34)c2)nc1C=C.N=C1C=CC=CC1=N. The van der Waals surface area contributed by atoms with Gasteiger partial charge < -0.3 is 24.4 Å². The number of allylic oxidation sites excluding steroid dienone is 4. The molecule has 70 heavy (non-hydrogen) atoms. The Labute approximate surface area is 403 Å². The molecular formula is C60H44N8O2. The molecule has 10 heteroatoms. The van der Waals surface area contributed by atoms with E-state index in [-0.39, 0.29) is 11.4 Å². The lowest BCUT2D eigenvalue weighted by Gasteiger charge is -2.26. The van der Waals surface area contributed by atoms with Crippen LogP contribution in [-0.4, -0.2) is 26.4 Å². The lowest BCUT2D eigenvalue weighted by molar-refractivity contribution is 0.668. The van der Waals surface area contributed by atoms with E-state index in [0.717, 1.165) is 94.8 Å². The average Bonchev–Trinajstić information content (AvgIpc) is 4.13. The van der Waals surface area contributed by atoms with Crippen molar-refractivity contribution in [2.75, 3.05) is 15.5 Å². The fourth-order valence-electron chi connectivity index (χ4n) is 8.92. The minimum atomic E-state index is 0.285. The minimum Gasteiger partial charge on any atom is -0.454 e. The van der Waals surface area contributed by atoms with E-state index >= 15 is 0 Å². The van der Waals surface area contributed by atoms with Crippen LogP contribution < -0.4 is 15.5 Å². The Morgan fingerprint density at radius 2 is 0.914 bits per heavy atom. The third kappa shape index (κ3) is 7.91. The van der Waals surface area contributed by atoms with Crippen LogP contribution >= 0.6 is 0 Å². The average molecular weight is 909 g/mol. The summed E-state index contributed by atoms with van der Waals surface area (Å²) in [5, 5.41) is 27.7. The van der Waals surface area contributed by atoms with Crippen LogP contribution in [0.15, 0.2) is 228 Å². The molecule has 0 bridgehead atoms. The first-order valence-electron chi connectivity index (χ1n) is 22.7. The highest BCUT2D eigenvalue weighted by Crippen LogP contribution is 2.45. The third-order valence-corrected chi connectivity index (χ3v) is 12.3. The van der Waals surface area contributed by atoms with Gasteiger partial charge in [0.25, 0.3) is 0 Å². The predicted octanol–water partition coefficient (Wildman–Crippen LogP) is 15.7. The van der Waals surface area contributed by atoms with Crippen LogP contribution in [0, 0.1) is 10.8 Å². The number of nitrogens with zero attached hydrogens (tertiary/aromatic N) is 5. The number of furan rings is 2. The summed E-state index contributed by atoms with van der Waals surface area (Å²) in [7, 11) is 0. The number of nitrogen functional groups attached to an aromatic ring is 1. The summed E-state index contributed by atoms with van der Waals surface area (Å²) in [5.41, 5.74) is 20.8. The van der Waals surface area contributed by atoms with E-state index in [1.807, 2.05) is 66.7 Å². The van der Waals surface area contributed by atoms with Gasteiger partial charge in [0.15, 0.2) is 11.2 Å². The fourth-order valence-corrected chi connectivity index (χ4v) is 8.92. The molecule has 0 saturated heterocycles. The van der Waals surface area contributed by atoms with Crippen molar-refractivity contribution in [2.24, 2.45) is 0 Å². The first-order chi connectivity index (χ1) is 34.3. The van der Waals surface area contributed by atoms with Gasteiger partial charge >= 0.3 is 0 Å². The highest BCUT2D eigenvalue weighted by molar-refractivity contribution is 6.48. The van der Waals surface area contributed by atoms with Crippen molar-refractivity contribution in [3.8, 4) is 16.8 Å². The van der Waals surface area contributed by atoms with Crippen LogP contribution in [0.3, 0.4) is 0 Å². The number of hydrogen-bond acceptors (Lipinski definition) is 9. The van der Waals surface area contributed by atoms with Crippen molar-refractivity contribution in [1.29, 1.82) is 10.8 Å². The predicted molar refractivity (Wildman–Crippen MR) is 289 cm³/mol. The number of rotatable bonds is 10. The summed E-state index contributed by atoms with van der Waals surface area (Å²) < 4.78 is 13.1. The smallest absolute Gasteiger partial charge is 0.159 e. The van der Waals surface area contributed by atoms with Gasteiger partial charge in [-0.05, 0) is 120 Å². The number of aromatic nitrogens is 3. The van der Waals surface area contributed by atoms with Crippen LogP contribution in [0.5, 0.6) is 0 Å². The summed E-state index contributed by atoms with van der Waals surface area (Å²) in [6.45, 7) is 7.82. The summed E-state index contributed by atoms with van der Waals surface area (Å²) in [5.74, 6) is 0. The zero-order chi connectivity index (χ0) is 47.7. The zero-order valence-electron chi connectivity index (χ0n) is 37.8. The number of fused-ring (bicyclic) bond motifs is 6. The van der Waals surface area contributed by atoms with Gasteiger partial charge in [0.1, 0.15) is 22.6 Å². The van der Waals surface area contributed by atoms with E-state index < -0.39 is 0 Å². The molecule has 336 valence electrons. The molecule has 0 atom stereocenters. The Morgan fingerprint density at radius 1 is 0.471 bits per heavy atom. The highest BCUT2D eigenvalue weighted by atomic mass is 16.3. The standard InChI is InChI=1S/C54H38N6O2.C6H6N2/c1-3-47-48(4-2)57-60(56-47)42-16-10-15-41(34-42)59(50-22-12-20-46-44-18-6-8-24-52(44)62-54(46)50)39-31-27-36(28-32-39)35-25-29-38(30-26-35)58(40-14-9-13-37(55)33-40)49-21-11-19-45-43-17-5-7-23-51(43)61-53(45)49;7-5-3-1-2-4-6(5)8/h3-34H,1-2,55H2;1-4,7-8H. The number of benzene rings is 8. The van der Waals surface area contributed by atoms with Gasteiger partial charge in [0.2, 0.25) is 0 Å². The van der Waals surface area contributed by atoms with Crippen molar-refractivity contribution in [2.45, 2.75) is 0 Å². The maximum Gasteiger partial charge on any atom is 0.159 e. The zero-order valence-corrected chi connectivity index (χ0v) is 37.8. The number of nitrogens with two attached hydrogens (primary N) is 1. The molecule has 0 spiro atoms. The van der Waals surface area contributed by atoms with E-state index in [1.54, 1.807) is 41.3 Å². The molecule has 0 unspecified atom stereocenters. The number of anilines is 7. The van der Waals surface area contributed by atoms with Gasteiger partial charge in [-0.25, -0.2) is 0 Å². The molecule has 0 fully saturated rings. The molecular weight excluding hydrogens is 865 g/mol. The van der Waals surface area contributed by atoms with Gasteiger partial charge in [-0.3, -0.25) is 10.8 Å². The first kappa shape index (κ1) is 42.8. The largest absolute Gasteiger partial charge is 0.454 e. The molecule has 4 N–H and O–H groups in total. The number of nitrogens with one attached hydrogen (secondary N) is 2. The molecule has 8 aromatic carbocycles. The van der Waals surface area contributed by atoms with Crippen molar-refractivity contribution in [3.63, 3.8) is 0 Å². The molecule has 0 saturated carbocycles. The van der Waals surface area contributed by atoms with E-state index in [2.05, 4.69) is 148 Å². The normalized spacial score (nSPS) is 12.1. The Hall–Kier alpha value is -9.80. The van der Waals surface area contributed by atoms with Crippen LogP contribution in [-0.2, 0) is 0 Å². The highest BCUT2D eigenvalue weighted by Gasteiger charge is 2.22. The minimum absolute atomic E-state index is 0.285. The second-order valence-corrected chi connectivity index (χ2v) is 16.6. The van der Waals surface area contributed by atoms with Crippen molar-refractivity contribution in [3.05, 3.63) is 231 Å². The van der Waals surface area contributed by atoms with E-state index in [9.17, 15) is 0 Å². The molecule has 0 radical (unpaired) electrons. The van der Waals surface area contributed by atoms with Crippen molar-refractivity contribution in [1.82, 2.24) is 15.0 Å². The van der Waals surface area contributed by atoms with Crippen LogP contribution in [0.25, 0.3) is 72.8 Å². The monoisotopic (exact) mass is 908 g/mol. The second-order valence-electron chi connectivity index (χ2n) is 16.6. The molecule has 10 nitrogen and oxygen atoms in total. The molecule has 11 aromatic rings. The van der Waals surface area contributed by atoms with Gasteiger partial charge in [-0.1, -0.05) is 122 Å². The molecule has 3 aromatic heterocycles. The van der Waals surface area contributed by atoms with Crippen molar-refractivity contribution >= 4 is 107 Å². The maximum absolute atomic E-state index is 7.03. The first-order valence-corrected chi connectivity index (χ1v) is 22.7. The molecule has 1 aliphatic carbocycles. The van der Waals surface area contributed by atoms with Gasteiger partial charge in [-0.15, -0.1) is 10.2 Å². The van der Waals surface area contributed by atoms with Crippen LogP contribution in [0.4, 0.5) is 39.8 Å². The van der Waals surface area contributed by atoms with E-state index in [4.69, 9.17) is 25.4 Å². The van der Waals surface area contributed by atoms with E-state index in [1.165, 1.54) is 0 Å². The quantitative estimate of drug-likeness (QED) is 0.0918. The lowest BCUT2D eigenvalue weighted by atomic mass is 10.0. The van der Waals surface area contributed by atoms with Crippen molar-refractivity contribution < 1.29 is 8.83 Å². The summed E-state index contributed by atoms with van der Waals surface area (Å²) in [4.78, 5) is 6.04. The Morgan fingerprint density at radius 3 is 1.39 bits per heavy atom. The summed E-state index contributed by atoms with van der Waals surface area (Å²) in [6.07, 6.45) is 10.1. The molecule has 0 aliphatic heterocycles. The third-order valence-electron chi connectivity index (χ3n) is 12.3. The maximum atomic E-state index is 7.03. The summed E-state index contributed by atoms with van der Waals surface area (Å²) >= 11 is 0. The molecule has 3 heterocycles. The van der Waals surface area contributed by atoms with Gasteiger partial charge in [0.05, 0.1) is 28.5 Å². The van der Waals surface area contributed by atoms with Crippen LogP contribution in [0.2, 0.25) is 0 Å². The summed E-state index contributed by atoms with van der Waals surface area (Å²) in [6, 6.07) is 62.2. The van der Waals surface area contributed by atoms with Gasteiger partial charge in [0, 0.05) is 50.0 Å². The Balaban J connectivity index is 0.000000609. The Kier molecular flexibility index (Phi) is 11.1. The molecule has 0 amide bonds. The second kappa shape index (κ2) is 18.1. The molecule has 12 rings (SSSR count). The van der Waals surface area contributed by atoms with Crippen LogP contribution in [0.1, 0.15) is 11.4 Å². The van der Waals surface area contributed by atoms with Gasteiger partial charge in [-0.2, -0.15) is 4.80 Å². The lowest BCUT2D eigenvalue weighted by Crippen LogP contribution is -2.11. The number of para-hydroxylation sites is 4. The molecule has 1 aliphatic rings. The topological polar surface area (TPSA) is 137 Å². The fraction of sp³-hybridized carbons (Fsp3) is 0. The number of hydrogen-bond donors (Lipinski definition) is 3. The van der Waals surface area contributed by atoms with E-state index in [0.29, 0.717) is 17.1 Å².